The number of methoxy groups -OCH3 is 2. The van der Waals surface area contributed by atoms with Crippen molar-refractivity contribution in [2.24, 2.45) is 0 Å². The highest BCUT2D eigenvalue weighted by molar-refractivity contribution is 8.00. The Kier molecular flexibility index (Phi) is 5.28. The number of H-pyrrole nitrogens is 1. The number of amides is 1. The second kappa shape index (κ2) is 7.60. The summed E-state index contributed by atoms with van der Waals surface area (Å²) in [5, 5.41) is 3.45. The summed E-state index contributed by atoms with van der Waals surface area (Å²) >= 11 is 1.28. The number of carbonyl (C=O) groups excluding carboxylic acids is 1. The number of nitrogens with one attached hydrogen (secondary N) is 2. The highest BCUT2D eigenvalue weighted by Crippen LogP contribution is 2.30. The van der Waals surface area contributed by atoms with Crippen LogP contribution in [0.3, 0.4) is 0 Å². The molecule has 1 aliphatic rings. The van der Waals surface area contributed by atoms with Crippen LogP contribution in [-0.4, -0.2) is 35.8 Å². The van der Waals surface area contributed by atoms with Crippen molar-refractivity contribution in [2.45, 2.75) is 24.3 Å². The lowest BCUT2D eigenvalue weighted by molar-refractivity contribution is -0.113. The second-order valence-electron chi connectivity index (χ2n) is 5.56. The van der Waals surface area contributed by atoms with Crippen LogP contribution in [0.25, 0.3) is 0 Å². The molecular formula is C17H19N3O4S. The minimum absolute atomic E-state index is 0.156. The topological polar surface area (TPSA) is 93.3 Å². The highest BCUT2D eigenvalue weighted by atomic mass is 32.2. The van der Waals surface area contributed by atoms with Crippen molar-refractivity contribution in [2.75, 3.05) is 25.3 Å². The van der Waals surface area contributed by atoms with Gasteiger partial charge in [0.05, 0.1) is 25.7 Å². The first-order chi connectivity index (χ1) is 12.1. The first-order valence-electron chi connectivity index (χ1n) is 7.87. The number of nitrogens with zero attached hydrogens (tertiary/aromatic N) is 1. The van der Waals surface area contributed by atoms with Crippen LogP contribution in [0.2, 0.25) is 0 Å². The van der Waals surface area contributed by atoms with Crippen LogP contribution in [-0.2, 0) is 17.6 Å². The number of aromatic nitrogens is 2. The molecule has 0 fully saturated rings. The van der Waals surface area contributed by atoms with Crippen molar-refractivity contribution in [3.8, 4) is 11.5 Å². The number of benzene rings is 1. The third-order valence-electron chi connectivity index (χ3n) is 3.96. The van der Waals surface area contributed by atoms with E-state index in [4.69, 9.17) is 9.47 Å². The van der Waals surface area contributed by atoms with Gasteiger partial charge in [-0.05, 0) is 31.4 Å². The molecule has 1 aromatic carbocycles. The minimum Gasteiger partial charge on any atom is -0.497 e. The van der Waals surface area contributed by atoms with Crippen LogP contribution in [0.15, 0.2) is 28.0 Å². The van der Waals surface area contributed by atoms with Gasteiger partial charge in [-0.3, -0.25) is 4.79 Å². The Balaban J connectivity index is 1.69. The zero-order valence-electron chi connectivity index (χ0n) is 14.0. The van der Waals surface area contributed by atoms with Crippen molar-refractivity contribution >= 4 is 23.4 Å². The van der Waals surface area contributed by atoms with E-state index in [1.54, 1.807) is 25.3 Å². The maximum absolute atomic E-state index is 12.3. The Morgan fingerprint density at radius 3 is 2.92 bits per heavy atom. The molecule has 1 aromatic heterocycles. The summed E-state index contributed by atoms with van der Waals surface area (Å²) in [6, 6.07) is 5.18. The molecule has 132 valence electrons. The van der Waals surface area contributed by atoms with Gasteiger partial charge >= 0.3 is 5.69 Å². The maximum atomic E-state index is 12.3. The van der Waals surface area contributed by atoms with Gasteiger partial charge in [-0.2, -0.15) is 4.98 Å². The van der Waals surface area contributed by atoms with Crippen molar-refractivity contribution < 1.29 is 14.3 Å². The molecular weight excluding hydrogens is 342 g/mol. The predicted molar refractivity (Wildman–Crippen MR) is 95.8 cm³/mol. The molecule has 8 heteroatoms. The van der Waals surface area contributed by atoms with E-state index in [1.807, 2.05) is 0 Å². The van der Waals surface area contributed by atoms with Gasteiger partial charge in [-0.25, -0.2) is 4.79 Å². The fourth-order valence-electron chi connectivity index (χ4n) is 2.79. The molecule has 1 aliphatic carbocycles. The van der Waals surface area contributed by atoms with E-state index < -0.39 is 0 Å². The zero-order chi connectivity index (χ0) is 17.8. The van der Waals surface area contributed by atoms with Gasteiger partial charge in [0.1, 0.15) is 16.5 Å². The van der Waals surface area contributed by atoms with Crippen LogP contribution in [0, 0.1) is 0 Å². The Morgan fingerprint density at radius 2 is 2.16 bits per heavy atom. The van der Waals surface area contributed by atoms with E-state index in [9.17, 15) is 9.59 Å². The molecule has 1 heterocycles. The molecule has 2 N–H and O–H groups in total. The van der Waals surface area contributed by atoms with Crippen molar-refractivity contribution in [1.29, 1.82) is 0 Å². The highest BCUT2D eigenvalue weighted by Gasteiger charge is 2.19. The number of anilines is 1. The summed E-state index contributed by atoms with van der Waals surface area (Å²) in [6.45, 7) is 0. The normalized spacial score (nSPS) is 12.6. The molecule has 3 rings (SSSR count). The standard InChI is InChI=1S/C17H19N3O4S/c1-23-10-6-7-14(24-2)13(8-10)18-15(21)9-25-16-11-4-3-5-12(11)19-17(22)20-16/h6-8H,3-5,9H2,1-2H3,(H,18,21)(H,19,20,22). The molecule has 0 bridgehead atoms. The summed E-state index contributed by atoms with van der Waals surface area (Å²) in [5.74, 6) is 1.13. The van der Waals surface area contributed by atoms with Crippen LogP contribution >= 0.6 is 11.8 Å². The number of ether oxygens (including phenoxy) is 2. The maximum Gasteiger partial charge on any atom is 0.346 e. The summed E-state index contributed by atoms with van der Waals surface area (Å²) < 4.78 is 10.4. The number of hydrogen-bond donors (Lipinski definition) is 2. The van der Waals surface area contributed by atoms with Gasteiger partial charge in [-0.15, -0.1) is 0 Å². The van der Waals surface area contributed by atoms with Gasteiger partial charge < -0.3 is 19.8 Å². The third-order valence-corrected chi connectivity index (χ3v) is 4.98. The molecule has 25 heavy (non-hydrogen) atoms. The molecule has 0 saturated heterocycles. The quantitative estimate of drug-likeness (QED) is 0.604. The summed E-state index contributed by atoms with van der Waals surface area (Å²) in [5.41, 5.74) is 2.17. The lowest BCUT2D eigenvalue weighted by atomic mass is 10.2. The summed E-state index contributed by atoms with van der Waals surface area (Å²) in [4.78, 5) is 30.7. The number of thioether (sulfide) groups is 1. The lowest BCUT2D eigenvalue weighted by Crippen LogP contribution is -2.17. The van der Waals surface area contributed by atoms with E-state index in [0.29, 0.717) is 22.2 Å². The van der Waals surface area contributed by atoms with Gasteiger partial charge in [0, 0.05) is 17.3 Å². The number of aryl methyl sites for hydroxylation is 1. The van der Waals surface area contributed by atoms with Crippen molar-refractivity contribution in [3.63, 3.8) is 0 Å². The Morgan fingerprint density at radius 1 is 1.32 bits per heavy atom. The van der Waals surface area contributed by atoms with Crippen LogP contribution < -0.4 is 20.5 Å². The Bertz CT molecular complexity index is 850. The SMILES string of the molecule is COc1ccc(OC)c(NC(=O)CSc2nc(=O)[nH]c3c2CCC3)c1. The van der Waals surface area contributed by atoms with Crippen molar-refractivity contribution in [1.82, 2.24) is 9.97 Å². The molecule has 0 unspecified atom stereocenters. The number of hydrogen-bond acceptors (Lipinski definition) is 6. The van der Waals surface area contributed by atoms with Gasteiger partial charge in [0.25, 0.3) is 0 Å². The molecule has 7 nitrogen and oxygen atoms in total. The Labute approximate surface area is 149 Å². The van der Waals surface area contributed by atoms with Crippen molar-refractivity contribution in [3.05, 3.63) is 39.9 Å². The number of aromatic amines is 1. The predicted octanol–water partition coefficient (Wildman–Crippen LogP) is 2.01. The molecule has 0 atom stereocenters. The van der Waals surface area contributed by atoms with Gasteiger partial charge in [-0.1, -0.05) is 11.8 Å². The molecule has 0 radical (unpaired) electrons. The average Bonchev–Trinajstić information content (AvgIpc) is 3.07. The lowest BCUT2D eigenvalue weighted by Gasteiger charge is -2.12. The fraction of sp³-hybridized carbons (Fsp3) is 0.353. The fourth-order valence-corrected chi connectivity index (χ4v) is 3.67. The van der Waals surface area contributed by atoms with E-state index in [-0.39, 0.29) is 17.3 Å². The summed E-state index contributed by atoms with van der Waals surface area (Å²) in [6.07, 6.45) is 2.73. The Hall–Kier alpha value is -2.48. The first-order valence-corrected chi connectivity index (χ1v) is 8.86. The molecule has 0 aliphatic heterocycles. The second-order valence-corrected chi connectivity index (χ2v) is 6.52. The van der Waals surface area contributed by atoms with E-state index in [1.165, 1.54) is 18.9 Å². The summed E-state index contributed by atoms with van der Waals surface area (Å²) in [7, 11) is 3.10. The number of fused-ring (bicyclic) bond motifs is 1. The van der Waals surface area contributed by atoms with Crippen LogP contribution in [0.4, 0.5) is 5.69 Å². The van der Waals surface area contributed by atoms with Crippen LogP contribution in [0.5, 0.6) is 11.5 Å². The molecule has 0 spiro atoms. The minimum atomic E-state index is -0.363. The zero-order valence-corrected chi connectivity index (χ0v) is 14.9. The van der Waals surface area contributed by atoms with Gasteiger partial charge in [0.15, 0.2) is 0 Å². The van der Waals surface area contributed by atoms with Gasteiger partial charge in [0.2, 0.25) is 5.91 Å². The smallest absolute Gasteiger partial charge is 0.346 e. The first kappa shape index (κ1) is 17.3. The molecule has 2 aromatic rings. The largest absolute Gasteiger partial charge is 0.497 e. The monoisotopic (exact) mass is 361 g/mol. The van der Waals surface area contributed by atoms with E-state index in [2.05, 4.69) is 15.3 Å². The van der Waals surface area contributed by atoms with E-state index in [0.717, 1.165) is 30.5 Å². The number of carbonyl (C=O) groups is 1. The molecule has 1 amide bonds. The van der Waals surface area contributed by atoms with Crippen LogP contribution in [0.1, 0.15) is 17.7 Å². The average molecular weight is 361 g/mol. The number of rotatable bonds is 6. The third kappa shape index (κ3) is 3.96. The molecule has 0 saturated carbocycles. The van der Waals surface area contributed by atoms with E-state index >= 15 is 0 Å².